The van der Waals surface area contributed by atoms with Crippen molar-refractivity contribution in [3.05, 3.63) is 88.2 Å². The molecule has 0 aliphatic heterocycles. The minimum Gasteiger partial charge on any atom is -0.381 e. The molecular formula is C34H49ClN4O4S. The summed E-state index contributed by atoms with van der Waals surface area (Å²) in [6.45, 7) is 17.5. The number of halogens is 1. The number of aromatic nitrogens is 1. The molecule has 10 heteroatoms. The number of nitrogens with zero attached hydrogens (tertiary/aromatic N) is 2. The van der Waals surface area contributed by atoms with Gasteiger partial charge in [0.15, 0.2) is 6.10 Å². The molecule has 1 heterocycles. The van der Waals surface area contributed by atoms with Gasteiger partial charge in [-0.3, -0.25) is 19.4 Å². The summed E-state index contributed by atoms with van der Waals surface area (Å²) in [5.74, 6) is -1.58. The number of allylic oxidation sites excluding steroid dienone is 2. The number of carbonyl (C=O) groups is 3. The van der Waals surface area contributed by atoms with Gasteiger partial charge in [-0.2, -0.15) is 0 Å². The maximum atomic E-state index is 13.7. The van der Waals surface area contributed by atoms with Crippen LogP contribution in [-0.4, -0.2) is 63.0 Å². The summed E-state index contributed by atoms with van der Waals surface area (Å²) in [6, 6.07) is 7.41. The molecular weight excluding hydrogens is 596 g/mol. The van der Waals surface area contributed by atoms with Crippen LogP contribution in [0.15, 0.2) is 60.8 Å². The van der Waals surface area contributed by atoms with Crippen molar-refractivity contribution in [3.63, 3.8) is 0 Å². The molecule has 3 atom stereocenters. The van der Waals surface area contributed by atoms with Crippen molar-refractivity contribution in [2.45, 2.75) is 86.0 Å². The first-order valence-corrected chi connectivity index (χ1v) is 16.5. The lowest BCUT2D eigenvalue weighted by Gasteiger charge is -2.36. The lowest BCUT2D eigenvalue weighted by Crippen LogP contribution is -2.58. The number of rotatable bonds is 14. The molecule has 0 saturated carbocycles. The number of hydrogen-bond donors (Lipinski definition) is 3. The summed E-state index contributed by atoms with van der Waals surface area (Å²) in [5, 5.41) is 17.2. The van der Waals surface area contributed by atoms with E-state index in [1.807, 2.05) is 58.2 Å². The van der Waals surface area contributed by atoms with Crippen LogP contribution >= 0.6 is 23.4 Å². The maximum absolute atomic E-state index is 13.7. The molecule has 0 radical (unpaired) electrons. The van der Waals surface area contributed by atoms with Crippen molar-refractivity contribution in [1.82, 2.24) is 20.5 Å². The van der Waals surface area contributed by atoms with Crippen LogP contribution < -0.4 is 10.6 Å². The van der Waals surface area contributed by atoms with Gasteiger partial charge in [-0.1, -0.05) is 74.4 Å². The lowest BCUT2D eigenvalue weighted by atomic mass is 9.97. The Bertz CT molecular complexity index is 1280. The zero-order valence-electron chi connectivity index (χ0n) is 27.3. The van der Waals surface area contributed by atoms with Gasteiger partial charge in [-0.15, -0.1) is 18.3 Å². The molecule has 242 valence electrons. The Balaban J connectivity index is 0.00000178. The van der Waals surface area contributed by atoms with Gasteiger partial charge < -0.3 is 20.6 Å². The second-order valence-electron chi connectivity index (χ2n) is 11.0. The maximum Gasteiger partial charge on any atom is 0.254 e. The number of aliphatic hydroxyl groups excluding tert-OH is 1. The summed E-state index contributed by atoms with van der Waals surface area (Å²) < 4.78 is 0. The Morgan fingerprint density at radius 2 is 1.84 bits per heavy atom. The molecule has 1 unspecified atom stereocenters. The van der Waals surface area contributed by atoms with Gasteiger partial charge in [0.25, 0.3) is 11.8 Å². The van der Waals surface area contributed by atoms with Crippen molar-refractivity contribution in [2.24, 2.45) is 5.92 Å². The number of nitrogens with one attached hydrogen (secondary N) is 2. The van der Waals surface area contributed by atoms with Crippen molar-refractivity contribution in [2.75, 3.05) is 12.1 Å². The fraction of sp³-hybridized carbons (Fsp3) is 0.471. The van der Waals surface area contributed by atoms with Crippen molar-refractivity contribution >= 4 is 41.1 Å². The molecule has 2 aromatic rings. The van der Waals surface area contributed by atoms with Gasteiger partial charge in [0.2, 0.25) is 5.91 Å². The minimum atomic E-state index is -1.62. The van der Waals surface area contributed by atoms with Gasteiger partial charge in [0.05, 0.1) is 28.2 Å². The van der Waals surface area contributed by atoms with E-state index in [1.165, 1.54) is 28.9 Å². The van der Waals surface area contributed by atoms with Crippen LogP contribution in [0.4, 0.5) is 0 Å². The normalized spacial score (nSPS) is 13.0. The van der Waals surface area contributed by atoms with E-state index in [0.717, 1.165) is 17.5 Å². The van der Waals surface area contributed by atoms with E-state index < -0.39 is 30.0 Å². The highest BCUT2D eigenvalue weighted by molar-refractivity contribution is 7.98. The quantitative estimate of drug-likeness (QED) is 0.166. The van der Waals surface area contributed by atoms with Gasteiger partial charge in [-0.25, -0.2) is 0 Å². The molecule has 0 aliphatic rings. The first kappa shape index (κ1) is 38.9. The molecule has 0 bridgehead atoms. The summed E-state index contributed by atoms with van der Waals surface area (Å²) in [4.78, 5) is 45.7. The second-order valence-corrected chi connectivity index (χ2v) is 12.2. The Kier molecular flexibility index (Phi) is 17.7. The van der Waals surface area contributed by atoms with E-state index >= 15 is 0 Å². The minimum absolute atomic E-state index is 0.152. The average molecular weight is 645 g/mol. The van der Waals surface area contributed by atoms with Crippen molar-refractivity contribution < 1.29 is 19.5 Å². The average Bonchev–Trinajstić information content (AvgIpc) is 2.97. The molecule has 0 spiro atoms. The summed E-state index contributed by atoms with van der Waals surface area (Å²) in [7, 11) is 0. The van der Waals surface area contributed by atoms with Crippen LogP contribution in [0, 0.1) is 19.8 Å². The number of hydrogen-bond acceptors (Lipinski definition) is 6. The molecule has 1 aromatic carbocycles. The van der Waals surface area contributed by atoms with Gasteiger partial charge >= 0.3 is 0 Å². The zero-order valence-corrected chi connectivity index (χ0v) is 28.9. The number of benzene rings is 1. The summed E-state index contributed by atoms with van der Waals surface area (Å²) in [5.41, 5.74) is 3.36. The summed E-state index contributed by atoms with van der Waals surface area (Å²) in [6.07, 6.45) is 7.16. The number of carbonyl (C=O) groups excluding carboxylic acids is 3. The van der Waals surface area contributed by atoms with Crippen molar-refractivity contribution in [3.8, 4) is 0 Å². The van der Waals surface area contributed by atoms with E-state index in [0.29, 0.717) is 17.8 Å². The fourth-order valence-electron chi connectivity index (χ4n) is 4.48. The molecule has 3 amide bonds. The van der Waals surface area contributed by atoms with E-state index in [-0.39, 0.29) is 34.7 Å². The van der Waals surface area contributed by atoms with Crippen LogP contribution in [-0.2, 0) is 16.1 Å². The topological polar surface area (TPSA) is 112 Å². The number of pyridine rings is 1. The Morgan fingerprint density at radius 1 is 1.18 bits per heavy atom. The summed E-state index contributed by atoms with van der Waals surface area (Å²) >= 11 is 7.64. The van der Waals surface area contributed by atoms with Gasteiger partial charge in [0.1, 0.15) is 6.04 Å². The largest absolute Gasteiger partial charge is 0.381 e. The van der Waals surface area contributed by atoms with Crippen LogP contribution in [0.25, 0.3) is 0 Å². The number of aryl methyl sites for hydroxylation is 2. The van der Waals surface area contributed by atoms with Gasteiger partial charge in [-0.05, 0) is 69.9 Å². The van der Waals surface area contributed by atoms with Crippen molar-refractivity contribution in [1.29, 1.82) is 0 Å². The number of amides is 3. The molecule has 0 aliphatic carbocycles. The molecule has 2 rings (SSSR count). The van der Waals surface area contributed by atoms with E-state index in [4.69, 9.17) is 11.6 Å². The smallest absolute Gasteiger partial charge is 0.254 e. The third-order valence-corrected chi connectivity index (χ3v) is 7.81. The Hall–Kier alpha value is -3.14. The SMILES string of the molecule is C/C=C\CC.C=C(C)C[C@H](NC(=O)c1ccnc(C)c1Cl)C(O)C(=O)N(CSC)[C@H](C(=O)NCc1ccccc1C)C(C)C. The van der Waals surface area contributed by atoms with E-state index in [9.17, 15) is 19.5 Å². The fourth-order valence-corrected chi connectivity index (χ4v) is 5.25. The van der Waals surface area contributed by atoms with E-state index in [1.54, 1.807) is 13.8 Å². The predicted octanol–water partition coefficient (Wildman–Crippen LogP) is 6.24. The zero-order chi connectivity index (χ0) is 33.4. The second kappa shape index (κ2) is 20.0. The first-order chi connectivity index (χ1) is 20.8. The molecule has 44 heavy (non-hydrogen) atoms. The molecule has 0 saturated heterocycles. The first-order valence-electron chi connectivity index (χ1n) is 14.8. The van der Waals surface area contributed by atoms with Crippen LogP contribution in [0.1, 0.15) is 74.6 Å². The van der Waals surface area contributed by atoms with Crippen LogP contribution in [0.5, 0.6) is 0 Å². The molecule has 3 N–H and O–H groups in total. The third-order valence-electron chi connectivity index (χ3n) is 6.80. The standard InChI is InChI=1S/C29H39ClN4O4S.C5H10/c1-17(2)14-23(33-27(36)22-12-13-31-20(6)24(22)30)26(35)29(38)34(16-39-7)25(18(3)4)28(37)32-15-21-11-9-8-10-19(21)5;1-3-5-4-2/h8-13,18,23,25-26,35H,1,14-16H2,2-7H3,(H,32,37)(H,33,36);3,5H,4H2,1-2H3/b;5-3-/t23-,25-,26?;/m0./s1. The highest BCUT2D eigenvalue weighted by Crippen LogP contribution is 2.21. The number of thioether (sulfide) groups is 1. The molecule has 8 nitrogen and oxygen atoms in total. The Labute approximate surface area is 272 Å². The number of aliphatic hydroxyl groups is 1. The highest BCUT2D eigenvalue weighted by atomic mass is 35.5. The lowest BCUT2D eigenvalue weighted by molar-refractivity contribution is -0.148. The molecule has 1 aromatic heterocycles. The molecule has 0 fully saturated rings. The third kappa shape index (κ3) is 12.1. The van der Waals surface area contributed by atoms with Gasteiger partial charge in [0, 0.05) is 12.7 Å². The predicted molar refractivity (Wildman–Crippen MR) is 183 cm³/mol. The van der Waals surface area contributed by atoms with Crippen LogP contribution in [0.2, 0.25) is 5.02 Å². The van der Waals surface area contributed by atoms with Crippen LogP contribution in [0.3, 0.4) is 0 Å². The van der Waals surface area contributed by atoms with E-state index in [2.05, 4.69) is 41.3 Å². The monoisotopic (exact) mass is 644 g/mol. The Morgan fingerprint density at radius 3 is 2.36 bits per heavy atom. The highest BCUT2D eigenvalue weighted by Gasteiger charge is 2.38.